The van der Waals surface area contributed by atoms with Gasteiger partial charge in [-0.05, 0) is 18.6 Å². The molecular formula is C12H18F3N3O2S. The Kier molecular flexibility index (Phi) is 5.97. The zero-order valence-corrected chi connectivity index (χ0v) is 12.6. The second-order valence-electron chi connectivity index (χ2n) is 4.35. The quantitative estimate of drug-likeness (QED) is 0.836. The summed E-state index contributed by atoms with van der Waals surface area (Å²) in [5, 5.41) is 2.95. The van der Waals surface area contributed by atoms with Crippen LogP contribution in [-0.4, -0.2) is 43.5 Å². The van der Waals surface area contributed by atoms with Gasteiger partial charge in [-0.3, -0.25) is 0 Å². The highest BCUT2D eigenvalue weighted by atomic mass is 32.2. The standard InChI is InChI=1S/C12H18F3N3O2S/c1-3-7-16-11-6-5-10(8-17-11)21(19,20)18(4-2)9-12(13,14)15/h5-6,8H,3-4,7,9H2,1-2H3,(H,16,17). The van der Waals surface area contributed by atoms with Gasteiger partial charge in [0.1, 0.15) is 17.3 Å². The molecule has 0 aliphatic carbocycles. The lowest BCUT2D eigenvalue weighted by Gasteiger charge is -2.21. The number of alkyl halides is 3. The second kappa shape index (κ2) is 7.08. The highest BCUT2D eigenvalue weighted by molar-refractivity contribution is 7.89. The van der Waals surface area contributed by atoms with Gasteiger partial charge in [0.05, 0.1) is 0 Å². The Labute approximate surface area is 122 Å². The van der Waals surface area contributed by atoms with Crippen molar-refractivity contribution in [2.45, 2.75) is 31.3 Å². The maximum Gasteiger partial charge on any atom is 0.402 e. The molecule has 120 valence electrons. The van der Waals surface area contributed by atoms with E-state index in [9.17, 15) is 21.6 Å². The van der Waals surface area contributed by atoms with E-state index >= 15 is 0 Å². The second-order valence-corrected chi connectivity index (χ2v) is 6.29. The molecule has 0 radical (unpaired) electrons. The van der Waals surface area contributed by atoms with Crippen molar-refractivity contribution >= 4 is 15.8 Å². The fourth-order valence-corrected chi connectivity index (χ4v) is 2.99. The number of hydrogen-bond acceptors (Lipinski definition) is 4. The van der Waals surface area contributed by atoms with Gasteiger partial charge in [0.15, 0.2) is 0 Å². The molecule has 0 aliphatic rings. The number of nitrogens with zero attached hydrogens (tertiary/aromatic N) is 2. The monoisotopic (exact) mass is 325 g/mol. The molecule has 1 heterocycles. The van der Waals surface area contributed by atoms with E-state index < -0.39 is 22.7 Å². The number of pyridine rings is 1. The molecule has 0 atom stereocenters. The Morgan fingerprint density at radius 1 is 1.29 bits per heavy atom. The molecule has 1 rings (SSSR count). The number of anilines is 1. The van der Waals surface area contributed by atoms with Crippen molar-refractivity contribution in [3.63, 3.8) is 0 Å². The molecule has 0 amide bonds. The van der Waals surface area contributed by atoms with Gasteiger partial charge < -0.3 is 5.32 Å². The van der Waals surface area contributed by atoms with Gasteiger partial charge >= 0.3 is 6.18 Å². The first kappa shape index (κ1) is 17.7. The Morgan fingerprint density at radius 2 is 1.95 bits per heavy atom. The Bertz CT molecular complexity index is 544. The molecule has 0 aromatic carbocycles. The number of halogens is 3. The van der Waals surface area contributed by atoms with Crippen LogP contribution in [0.2, 0.25) is 0 Å². The number of sulfonamides is 1. The highest BCUT2D eigenvalue weighted by Crippen LogP contribution is 2.22. The van der Waals surface area contributed by atoms with E-state index in [4.69, 9.17) is 0 Å². The maximum atomic E-state index is 12.4. The summed E-state index contributed by atoms with van der Waals surface area (Å²) in [6.07, 6.45) is -2.65. The van der Waals surface area contributed by atoms with Crippen molar-refractivity contribution in [1.82, 2.24) is 9.29 Å². The Balaban J connectivity index is 2.95. The third kappa shape index (κ3) is 5.16. The average Bonchev–Trinajstić information content (AvgIpc) is 2.41. The Hall–Kier alpha value is -1.35. The van der Waals surface area contributed by atoms with Crippen LogP contribution in [0.1, 0.15) is 20.3 Å². The van der Waals surface area contributed by atoms with Crippen LogP contribution in [0.3, 0.4) is 0 Å². The van der Waals surface area contributed by atoms with Crippen molar-refractivity contribution in [1.29, 1.82) is 0 Å². The highest BCUT2D eigenvalue weighted by Gasteiger charge is 2.36. The van der Waals surface area contributed by atoms with Crippen LogP contribution in [0.5, 0.6) is 0 Å². The summed E-state index contributed by atoms with van der Waals surface area (Å²) in [5.74, 6) is 0.481. The number of aromatic nitrogens is 1. The third-order valence-electron chi connectivity index (χ3n) is 2.64. The smallest absolute Gasteiger partial charge is 0.370 e. The number of hydrogen-bond donors (Lipinski definition) is 1. The lowest BCUT2D eigenvalue weighted by molar-refractivity contribution is -0.135. The molecule has 0 aliphatic heterocycles. The zero-order chi connectivity index (χ0) is 16.1. The van der Waals surface area contributed by atoms with Gasteiger partial charge in [0.2, 0.25) is 10.0 Å². The van der Waals surface area contributed by atoms with E-state index in [0.717, 1.165) is 12.6 Å². The van der Waals surface area contributed by atoms with Crippen LogP contribution in [0.15, 0.2) is 23.2 Å². The summed E-state index contributed by atoms with van der Waals surface area (Å²) < 4.78 is 61.9. The maximum absolute atomic E-state index is 12.4. The topological polar surface area (TPSA) is 62.3 Å². The molecule has 21 heavy (non-hydrogen) atoms. The number of rotatable bonds is 7. The predicted octanol–water partition coefficient (Wildman–Crippen LogP) is 2.48. The van der Waals surface area contributed by atoms with Crippen LogP contribution in [-0.2, 0) is 10.0 Å². The summed E-state index contributed by atoms with van der Waals surface area (Å²) in [5.41, 5.74) is 0. The van der Waals surface area contributed by atoms with Crippen LogP contribution in [0, 0.1) is 0 Å². The fourth-order valence-electron chi connectivity index (χ4n) is 1.61. The molecule has 0 bridgehead atoms. The average molecular weight is 325 g/mol. The normalized spacial score (nSPS) is 12.7. The summed E-state index contributed by atoms with van der Waals surface area (Å²) >= 11 is 0. The lowest BCUT2D eigenvalue weighted by Crippen LogP contribution is -2.38. The largest absolute Gasteiger partial charge is 0.402 e. The van der Waals surface area contributed by atoms with Crippen molar-refractivity contribution in [3.8, 4) is 0 Å². The molecule has 0 fully saturated rings. The van der Waals surface area contributed by atoms with E-state index in [-0.39, 0.29) is 11.4 Å². The van der Waals surface area contributed by atoms with Crippen molar-refractivity contribution in [3.05, 3.63) is 18.3 Å². The van der Waals surface area contributed by atoms with E-state index in [2.05, 4.69) is 10.3 Å². The molecule has 0 saturated carbocycles. The van der Waals surface area contributed by atoms with Gasteiger partial charge in [-0.2, -0.15) is 17.5 Å². The summed E-state index contributed by atoms with van der Waals surface area (Å²) in [7, 11) is -4.20. The molecule has 0 spiro atoms. The SMILES string of the molecule is CCCNc1ccc(S(=O)(=O)N(CC)CC(F)(F)F)cn1. The first-order valence-electron chi connectivity index (χ1n) is 6.47. The van der Waals surface area contributed by atoms with E-state index in [1.165, 1.54) is 19.1 Å². The van der Waals surface area contributed by atoms with E-state index in [1.807, 2.05) is 6.92 Å². The molecule has 1 aromatic rings. The predicted molar refractivity (Wildman–Crippen MR) is 73.5 cm³/mol. The summed E-state index contributed by atoms with van der Waals surface area (Å²) in [6, 6.07) is 2.68. The van der Waals surface area contributed by atoms with Crippen LogP contribution in [0.25, 0.3) is 0 Å². The van der Waals surface area contributed by atoms with Gasteiger partial charge in [0.25, 0.3) is 0 Å². The van der Waals surface area contributed by atoms with Crippen LogP contribution in [0.4, 0.5) is 19.0 Å². The van der Waals surface area contributed by atoms with Crippen LogP contribution >= 0.6 is 0 Å². The zero-order valence-electron chi connectivity index (χ0n) is 11.8. The fraction of sp³-hybridized carbons (Fsp3) is 0.583. The van der Waals surface area contributed by atoms with E-state index in [1.54, 1.807) is 0 Å². The molecule has 0 saturated heterocycles. The summed E-state index contributed by atoms with van der Waals surface area (Å²) in [6.45, 7) is 2.21. The van der Waals surface area contributed by atoms with Crippen LogP contribution < -0.4 is 5.32 Å². The molecule has 9 heteroatoms. The van der Waals surface area contributed by atoms with Gasteiger partial charge in [-0.1, -0.05) is 13.8 Å². The van der Waals surface area contributed by atoms with Crippen molar-refractivity contribution in [2.75, 3.05) is 25.0 Å². The Morgan fingerprint density at radius 3 is 2.38 bits per heavy atom. The van der Waals surface area contributed by atoms with Gasteiger partial charge in [-0.25, -0.2) is 13.4 Å². The van der Waals surface area contributed by atoms with E-state index in [0.29, 0.717) is 16.7 Å². The number of nitrogens with one attached hydrogen (secondary N) is 1. The minimum absolute atomic E-state index is 0.254. The van der Waals surface area contributed by atoms with Gasteiger partial charge in [0, 0.05) is 19.3 Å². The minimum atomic E-state index is -4.58. The molecule has 5 nitrogen and oxygen atoms in total. The minimum Gasteiger partial charge on any atom is -0.370 e. The summed E-state index contributed by atoms with van der Waals surface area (Å²) in [4.78, 5) is 3.64. The first-order chi connectivity index (χ1) is 9.70. The van der Waals surface area contributed by atoms with Gasteiger partial charge in [-0.15, -0.1) is 0 Å². The third-order valence-corrected chi connectivity index (χ3v) is 4.54. The molecule has 0 unspecified atom stereocenters. The molecule has 1 N–H and O–H groups in total. The lowest BCUT2D eigenvalue weighted by atomic mass is 10.4. The molecular weight excluding hydrogens is 307 g/mol. The van der Waals surface area contributed by atoms with Crippen molar-refractivity contribution in [2.24, 2.45) is 0 Å². The first-order valence-corrected chi connectivity index (χ1v) is 7.91. The van der Waals surface area contributed by atoms with Crippen molar-refractivity contribution < 1.29 is 21.6 Å². The molecule has 1 aromatic heterocycles.